The van der Waals surface area contributed by atoms with E-state index in [1.165, 1.54) is 36.8 Å². The van der Waals surface area contributed by atoms with Gasteiger partial charge in [0.25, 0.3) is 0 Å². The molecule has 0 unspecified atom stereocenters. The maximum Gasteiger partial charge on any atom is 0.201 e. The lowest BCUT2D eigenvalue weighted by molar-refractivity contribution is 0.370. The van der Waals surface area contributed by atoms with Gasteiger partial charge in [0.2, 0.25) is 5.95 Å². The largest absolute Gasteiger partial charge is 0.369 e. The highest BCUT2D eigenvalue weighted by atomic mass is 32.2. The smallest absolute Gasteiger partial charge is 0.201 e. The lowest BCUT2D eigenvalue weighted by Gasteiger charge is -2.29. The molecule has 0 atom stereocenters. The third-order valence-corrected chi connectivity index (χ3v) is 5.35. The van der Waals surface area contributed by atoms with E-state index in [9.17, 15) is 0 Å². The molecule has 2 N–H and O–H groups in total. The van der Waals surface area contributed by atoms with Crippen molar-refractivity contribution in [1.29, 1.82) is 0 Å². The van der Waals surface area contributed by atoms with Gasteiger partial charge in [0.05, 0.1) is 11.0 Å². The molecule has 0 spiro atoms. The number of hydrogen-bond acceptors (Lipinski definition) is 3. The summed E-state index contributed by atoms with van der Waals surface area (Å²) in [5.74, 6) is 0.674. The number of nitrogen functional groups attached to an aromatic ring is 1. The molecule has 4 heteroatoms. The van der Waals surface area contributed by atoms with E-state index in [-0.39, 0.29) is 0 Å². The number of hydrogen-bond donors (Lipinski definition) is 1. The molecule has 1 aromatic heterocycles. The van der Waals surface area contributed by atoms with Crippen molar-refractivity contribution in [2.45, 2.75) is 43.9 Å². The van der Waals surface area contributed by atoms with Crippen LogP contribution in [0, 0.1) is 6.92 Å². The van der Waals surface area contributed by atoms with E-state index >= 15 is 0 Å². The van der Waals surface area contributed by atoms with Gasteiger partial charge in [-0.1, -0.05) is 6.07 Å². The summed E-state index contributed by atoms with van der Waals surface area (Å²) >= 11 is 2.00. The number of aryl methyl sites for hydroxylation is 1. The number of anilines is 1. The molecular formula is C15H21N3S. The van der Waals surface area contributed by atoms with Crippen LogP contribution in [0.3, 0.4) is 0 Å². The SMILES string of the molecule is CSC1CCC(n2c(N)nc3ccc(C)cc32)CC1. The van der Waals surface area contributed by atoms with Gasteiger partial charge >= 0.3 is 0 Å². The van der Waals surface area contributed by atoms with Crippen molar-refractivity contribution < 1.29 is 0 Å². The highest BCUT2D eigenvalue weighted by Gasteiger charge is 2.24. The summed E-state index contributed by atoms with van der Waals surface area (Å²) < 4.78 is 2.26. The molecule has 3 rings (SSSR count). The molecule has 1 aliphatic carbocycles. The van der Waals surface area contributed by atoms with Crippen LogP contribution in [0.25, 0.3) is 11.0 Å². The molecule has 0 saturated heterocycles. The van der Waals surface area contributed by atoms with Gasteiger partial charge in [0.15, 0.2) is 0 Å². The van der Waals surface area contributed by atoms with Gasteiger partial charge in [-0.25, -0.2) is 4.98 Å². The lowest BCUT2D eigenvalue weighted by atomic mass is 9.94. The van der Waals surface area contributed by atoms with Crippen LogP contribution >= 0.6 is 11.8 Å². The van der Waals surface area contributed by atoms with Crippen molar-refractivity contribution in [3.05, 3.63) is 23.8 Å². The molecule has 0 aliphatic heterocycles. The number of thioether (sulfide) groups is 1. The first kappa shape index (κ1) is 12.9. The molecular weight excluding hydrogens is 254 g/mol. The predicted molar refractivity (Wildman–Crippen MR) is 83.7 cm³/mol. The average molecular weight is 275 g/mol. The minimum atomic E-state index is 0.523. The fourth-order valence-electron chi connectivity index (χ4n) is 3.14. The summed E-state index contributed by atoms with van der Waals surface area (Å²) in [7, 11) is 0. The van der Waals surface area contributed by atoms with Crippen molar-refractivity contribution in [3.63, 3.8) is 0 Å². The quantitative estimate of drug-likeness (QED) is 0.907. The number of benzene rings is 1. The highest BCUT2D eigenvalue weighted by molar-refractivity contribution is 7.99. The minimum absolute atomic E-state index is 0.523. The first-order chi connectivity index (χ1) is 9.19. The Kier molecular flexibility index (Phi) is 3.44. The van der Waals surface area contributed by atoms with Crippen LogP contribution in [0.4, 0.5) is 5.95 Å². The highest BCUT2D eigenvalue weighted by Crippen LogP contribution is 2.36. The summed E-state index contributed by atoms with van der Waals surface area (Å²) in [4.78, 5) is 4.50. The Labute approximate surface area is 118 Å². The standard InChI is InChI=1S/C15H21N3S/c1-10-3-8-13-14(9-10)18(15(16)17-13)11-4-6-12(19-2)7-5-11/h3,8-9,11-12H,4-7H2,1-2H3,(H2,16,17). The summed E-state index contributed by atoms with van der Waals surface area (Å²) in [6.45, 7) is 2.12. The monoisotopic (exact) mass is 275 g/mol. The molecule has 1 aromatic carbocycles. The number of nitrogens with zero attached hydrogens (tertiary/aromatic N) is 2. The second-order valence-corrected chi connectivity index (χ2v) is 6.64. The van der Waals surface area contributed by atoms with E-state index in [0.29, 0.717) is 12.0 Å². The van der Waals surface area contributed by atoms with E-state index in [0.717, 1.165) is 10.8 Å². The average Bonchev–Trinajstić information content (AvgIpc) is 2.74. The van der Waals surface area contributed by atoms with Gasteiger partial charge in [0.1, 0.15) is 0 Å². The van der Waals surface area contributed by atoms with Gasteiger partial charge in [-0.2, -0.15) is 11.8 Å². The van der Waals surface area contributed by atoms with Crippen molar-refractivity contribution in [2.24, 2.45) is 0 Å². The molecule has 0 amide bonds. The molecule has 3 nitrogen and oxygen atoms in total. The van der Waals surface area contributed by atoms with Crippen LogP contribution in [0.1, 0.15) is 37.3 Å². The molecule has 1 saturated carbocycles. The Balaban J connectivity index is 1.96. The molecule has 19 heavy (non-hydrogen) atoms. The number of rotatable bonds is 2. The second kappa shape index (κ2) is 5.08. The summed E-state index contributed by atoms with van der Waals surface area (Å²) in [5, 5.41) is 0.828. The second-order valence-electron chi connectivity index (χ2n) is 5.50. The zero-order chi connectivity index (χ0) is 13.4. The number of imidazole rings is 1. The third-order valence-electron chi connectivity index (χ3n) is 4.21. The van der Waals surface area contributed by atoms with Crippen LogP contribution < -0.4 is 5.73 Å². The van der Waals surface area contributed by atoms with Gasteiger partial charge in [-0.05, 0) is 56.6 Å². The Morgan fingerprint density at radius 1 is 1.26 bits per heavy atom. The Morgan fingerprint density at radius 2 is 2.00 bits per heavy atom. The zero-order valence-electron chi connectivity index (χ0n) is 11.6. The van der Waals surface area contributed by atoms with Crippen LogP contribution in [-0.4, -0.2) is 21.1 Å². The molecule has 2 aromatic rings. The number of nitrogens with two attached hydrogens (primary N) is 1. The van der Waals surface area contributed by atoms with Gasteiger partial charge in [-0.3, -0.25) is 0 Å². The summed E-state index contributed by atoms with van der Waals surface area (Å²) in [5.41, 5.74) is 9.64. The molecule has 1 heterocycles. The fourth-order valence-corrected chi connectivity index (χ4v) is 3.89. The Morgan fingerprint density at radius 3 is 2.68 bits per heavy atom. The minimum Gasteiger partial charge on any atom is -0.369 e. The van der Waals surface area contributed by atoms with E-state index in [1.54, 1.807) is 0 Å². The number of aromatic nitrogens is 2. The molecule has 1 fully saturated rings. The zero-order valence-corrected chi connectivity index (χ0v) is 12.4. The molecule has 102 valence electrons. The van der Waals surface area contributed by atoms with Crippen LogP contribution in [0.5, 0.6) is 0 Å². The fraction of sp³-hybridized carbons (Fsp3) is 0.533. The van der Waals surface area contributed by atoms with Crippen molar-refractivity contribution in [3.8, 4) is 0 Å². The van der Waals surface area contributed by atoms with E-state index < -0.39 is 0 Å². The molecule has 0 radical (unpaired) electrons. The maximum absolute atomic E-state index is 6.15. The van der Waals surface area contributed by atoms with E-state index in [2.05, 4.69) is 40.9 Å². The van der Waals surface area contributed by atoms with Gasteiger partial charge < -0.3 is 10.3 Å². The van der Waals surface area contributed by atoms with Gasteiger partial charge in [0, 0.05) is 11.3 Å². The predicted octanol–water partition coefficient (Wildman–Crippen LogP) is 3.77. The van der Waals surface area contributed by atoms with E-state index in [1.807, 2.05) is 11.8 Å². The first-order valence-corrected chi connectivity index (χ1v) is 8.24. The van der Waals surface area contributed by atoms with Gasteiger partial charge in [-0.15, -0.1) is 0 Å². The lowest BCUT2D eigenvalue weighted by Crippen LogP contribution is -2.20. The summed E-state index contributed by atoms with van der Waals surface area (Å²) in [6, 6.07) is 6.91. The molecule has 0 bridgehead atoms. The first-order valence-electron chi connectivity index (χ1n) is 6.96. The maximum atomic E-state index is 6.15. The van der Waals surface area contributed by atoms with E-state index in [4.69, 9.17) is 5.73 Å². The molecule has 1 aliphatic rings. The number of fused-ring (bicyclic) bond motifs is 1. The van der Waals surface area contributed by atoms with Crippen molar-refractivity contribution in [1.82, 2.24) is 9.55 Å². The Bertz CT molecular complexity index is 582. The van der Waals surface area contributed by atoms with Crippen molar-refractivity contribution in [2.75, 3.05) is 12.0 Å². The van der Waals surface area contributed by atoms with Crippen molar-refractivity contribution >= 4 is 28.7 Å². The van der Waals surface area contributed by atoms with Crippen LogP contribution in [0.2, 0.25) is 0 Å². The normalized spacial score (nSPS) is 23.9. The van der Waals surface area contributed by atoms with Crippen LogP contribution in [-0.2, 0) is 0 Å². The summed E-state index contributed by atoms with van der Waals surface area (Å²) in [6.07, 6.45) is 7.23. The van der Waals surface area contributed by atoms with Crippen LogP contribution in [0.15, 0.2) is 18.2 Å². The third kappa shape index (κ3) is 2.34. The Hall–Kier alpha value is -1.16. The topological polar surface area (TPSA) is 43.8 Å².